The van der Waals surface area contributed by atoms with Crippen LogP contribution in [0.4, 0.5) is 11.5 Å². The van der Waals surface area contributed by atoms with Crippen LogP contribution < -0.4 is 16.8 Å². The highest BCUT2D eigenvalue weighted by Gasteiger charge is 2.22. The highest BCUT2D eigenvalue weighted by atomic mass is 16.3. The summed E-state index contributed by atoms with van der Waals surface area (Å²) in [7, 11) is 0. The van der Waals surface area contributed by atoms with Gasteiger partial charge in [-0.05, 0) is 36.5 Å². The molecule has 0 radical (unpaired) electrons. The van der Waals surface area contributed by atoms with Gasteiger partial charge in [-0.25, -0.2) is 4.98 Å². The molecule has 6 heteroatoms. The van der Waals surface area contributed by atoms with Gasteiger partial charge in [0.15, 0.2) is 0 Å². The number of hydrogen-bond acceptors (Lipinski definition) is 6. The Bertz CT molecular complexity index is 808. The molecule has 0 atom stereocenters. The van der Waals surface area contributed by atoms with Crippen molar-refractivity contribution in [3.8, 4) is 23.1 Å². The summed E-state index contributed by atoms with van der Waals surface area (Å²) < 4.78 is 0. The van der Waals surface area contributed by atoms with Gasteiger partial charge in [0.05, 0.1) is 11.4 Å². The van der Waals surface area contributed by atoms with E-state index in [4.69, 9.17) is 11.5 Å². The SMILES string of the molecule is N#Cc1c(NCCN)cc(-c2c(O)cccc2CCC2CC2)nc1N. The molecule has 0 spiro atoms. The Kier molecular flexibility index (Phi) is 5.05. The molecule has 0 unspecified atom stereocenters. The average molecular weight is 337 g/mol. The van der Waals surface area contributed by atoms with Crippen molar-refractivity contribution in [2.45, 2.75) is 25.7 Å². The number of benzene rings is 1. The van der Waals surface area contributed by atoms with Crippen LogP contribution in [0, 0.1) is 17.2 Å². The Morgan fingerprint density at radius 3 is 2.84 bits per heavy atom. The zero-order chi connectivity index (χ0) is 17.8. The molecule has 6 N–H and O–H groups in total. The molecule has 0 bridgehead atoms. The highest BCUT2D eigenvalue weighted by Crippen LogP contribution is 2.38. The van der Waals surface area contributed by atoms with Gasteiger partial charge < -0.3 is 21.9 Å². The van der Waals surface area contributed by atoms with Gasteiger partial charge in [-0.2, -0.15) is 5.26 Å². The van der Waals surface area contributed by atoms with Gasteiger partial charge in [-0.1, -0.05) is 25.0 Å². The molecule has 0 amide bonds. The van der Waals surface area contributed by atoms with E-state index in [1.54, 1.807) is 12.1 Å². The molecular formula is C19H23N5O. The lowest BCUT2D eigenvalue weighted by molar-refractivity contribution is 0.476. The number of phenolic OH excluding ortho intramolecular Hbond substituents is 1. The third kappa shape index (κ3) is 3.83. The van der Waals surface area contributed by atoms with Crippen LogP contribution in [0.2, 0.25) is 0 Å². The van der Waals surface area contributed by atoms with Gasteiger partial charge in [-0.3, -0.25) is 0 Å². The summed E-state index contributed by atoms with van der Waals surface area (Å²) in [6, 6.07) is 9.35. The summed E-state index contributed by atoms with van der Waals surface area (Å²) in [6.45, 7) is 0.957. The number of nitriles is 1. The fourth-order valence-electron chi connectivity index (χ4n) is 3.01. The fraction of sp³-hybridized carbons (Fsp3) is 0.368. The summed E-state index contributed by atoms with van der Waals surface area (Å²) >= 11 is 0. The van der Waals surface area contributed by atoms with Crippen molar-refractivity contribution in [3.63, 3.8) is 0 Å². The molecule has 1 aromatic carbocycles. The van der Waals surface area contributed by atoms with E-state index in [-0.39, 0.29) is 11.6 Å². The van der Waals surface area contributed by atoms with Crippen LogP contribution >= 0.6 is 0 Å². The number of anilines is 2. The van der Waals surface area contributed by atoms with Crippen LogP contribution in [0.1, 0.15) is 30.4 Å². The van der Waals surface area contributed by atoms with E-state index in [2.05, 4.69) is 16.4 Å². The number of aryl methyl sites for hydroxylation is 1. The van der Waals surface area contributed by atoms with Gasteiger partial charge in [0, 0.05) is 18.7 Å². The molecule has 1 saturated carbocycles. The molecule has 1 fully saturated rings. The second kappa shape index (κ2) is 7.41. The zero-order valence-corrected chi connectivity index (χ0v) is 14.1. The predicted octanol–water partition coefficient (Wildman–Crippen LogP) is 2.62. The van der Waals surface area contributed by atoms with Crippen molar-refractivity contribution in [2.24, 2.45) is 11.7 Å². The van der Waals surface area contributed by atoms with Crippen molar-refractivity contribution in [1.82, 2.24) is 4.98 Å². The second-order valence-electron chi connectivity index (χ2n) is 6.44. The number of nitrogens with zero attached hydrogens (tertiary/aromatic N) is 2. The fourth-order valence-corrected chi connectivity index (χ4v) is 3.01. The summed E-state index contributed by atoms with van der Waals surface area (Å²) in [5, 5.41) is 22.9. The molecule has 1 aromatic heterocycles. The largest absolute Gasteiger partial charge is 0.507 e. The minimum absolute atomic E-state index is 0.149. The van der Waals surface area contributed by atoms with E-state index >= 15 is 0 Å². The maximum absolute atomic E-state index is 10.4. The topological polar surface area (TPSA) is 121 Å². The van der Waals surface area contributed by atoms with Crippen LogP contribution in [-0.2, 0) is 6.42 Å². The van der Waals surface area contributed by atoms with Crippen LogP contribution in [0.5, 0.6) is 5.75 Å². The number of pyridine rings is 1. The Balaban J connectivity index is 2.03. The van der Waals surface area contributed by atoms with Gasteiger partial charge in [-0.15, -0.1) is 0 Å². The minimum atomic E-state index is 0.149. The maximum atomic E-state index is 10.4. The number of hydrogen-bond donors (Lipinski definition) is 4. The first-order chi connectivity index (χ1) is 12.1. The Morgan fingerprint density at radius 2 is 2.16 bits per heavy atom. The number of aromatic hydroxyl groups is 1. The van der Waals surface area contributed by atoms with E-state index in [1.807, 2.05) is 12.1 Å². The van der Waals surface area contributed by atoms with E-state index < -0.39 is 0 Å². The molecule has 1 heterocycles. The summed E-state index contributed by atoms with van der Waals surface area (Å²) in [4.78, 5) is 4.37. The van der Waals surface area contributed by atoms with Gasteiger partial charge in [0.1, 0.15) is 23.2 Å². The first-order valence-corrected chi connectivity index (χ1v) is 8.59. The monoisotopic (exact) mass is 337 g/mol. The number of rotatable bonds is 7. The smallest absolute Gasteiger partial charge is 0.144 e. The summed E-state index contributed by atoms with van der Waals surface area (Å²) in [5.74, 6) is 1.13. The van der Waals surface area contributed by atoms with E-state index in [0.29, 0.717) is 35.6 Å². The first kappa shape index (κ1) is 17.1. The maximum Gasteiger partial charge on any atom is 0.144 e. The normalized spacial score (nSPS) is 13.4. The molecule has 0 aliphatic heterocycles. The standard InChI is InChI=1S/C19H23N5O/c20-8-9-23-15-10-16(24-19(22)14(15)11-21)18-13(2-1-3-17(18)25)7-6-12-4-5-12/h1-3,10,12,25H,4-9,20H2,(H3,22,23,24). The van der Waals surface area contributed by atoms with Crippen LogP contribution in [0.15, 0.2) is 24.3 Å². The second-order valence-corrected chi connectivity index (χ2v) is 6.44. The number of nitrogen functional groups attached to an aromatic ring is 1. The van der Waals surface area contributed by atoms with Crippen molar-refractivity contribution in [3.05, 3.63) is 35.4 Å². The van der Waals surface area contributed by atoms with E-state index in [0.717, 1.165) is 24.3 Å². The zero-order valence-electron chi connectivity index (χ0n) is 14.1. The molecular weight excluding hydrogens is 314 g/mol. The van der Waals surface area contributed by atoms with Crippen LogP contribution in [0.25, 0.3) is 11.3 Å². The molecule has 3 rings (SSSR count). The number of nitrogens with one attached hydrogen (secondary N) is 1. The van der Waals surface area contributed by atoms with Gasteiger partial charge in [0.25, 0.3) is 0 Å². The highest BCUT2D eigenvalue weighted by molar-refractivity contribution is 5.78. The molecule has 1 aliphatic carbocycles. The number of phenols is 1. The molecule has 0 saturated heterocycles. The molecule has 130 valence electrons. The predicted molar refractivity (Wildman–Crippen MR) is 99.1 cm³/mol. The number of aromatic nitrogens is 1. The lowest BCUT2D eigenvalue weighted by atomic mass is 9.97. The quantitative estimate of drug-likeness (QED) is 0.616. The lowest BCUT2D eigenvalue weighted by Crippen LogP contribution is -2.15. The van der Waals surface area contributed by atoms with Gasteiger partial charge >= 0.3 is 0 Å². The van der Waals surface area contributed by atoms with Crippen LogP contribution in [-0.4, -0.2) is 23.2 Å². The van der Waals surface area contributed by atoms with Gasteiger partial charge in [0.2, 0.25) is 0 Å². The summed E-state index contributed by atoms with van der Waals surface area (Å²) in [6.07, 6.45) is 4.59. The molecule has 6 nitrogen and oxygen atoms in total. The number of nitrogens with two attached hydrogens (primary N) is 2. The Labute approximate surface area is 147 Å². The molecule has 2 aromatic rings. The molecule has 25 heavy (non-hydrogen) atoms. The average Bonchev–Trinajstić information content (AvgIpc) is 3.42. The lowest BCUT2D eigenvalue weighted by Gasteiger charge is -2.15. The van der Waals surface area contributed by atoms with Crippen molar-refractivity contribution in [2.75, 3.05) is 24.1 Å². The van der Waals surface area contributed by atoms with Crippen LogP contribution in [0.3, 0.4) is 0 Å². The molecule has 1 aliphatic rings. The first-order valence-electron chi connectivity index (χ1n) is 8.59. The Morgan fingerprint density at radius 1 is 1.36 bits per heavy atom. The van der Waals surface area contributed by atoms with E-state index in [1.165, 1.54) is 12.8 Å². The van der Waals surface area contributed by atoms with Crippen molar-refractivity contribution >= 4 is 11.5 Å². The Hall–Kier alpha value is -2.78. The van der Waals surface area contributed by atoms with Crippen molar-refractivity contribution < 1.29 is 5.11 Å². The third-order valence-electron chi connectivity index (χ3n) is 4.52. The van der Waals surface area contributed by atoms with E-state index in [9.17, 15) is 10.4 Å². The minimum Gasteiger partial charge on any atom is -0.507 e. The van der Waals surface area contributed by atoms with Crippen molar-refractivity contribution in [1.29, 1.82) is 5.26 Å². The third-order valence-corrected chi connectivity index (χ3v) is 4.52. The summed E-state index contributed by atoms with van der Waals surface area (Å²) in [5.41, 5.74) is 14.7.